The maximum absolute atomic E-state index is 12.7. The fourth-order valence-electron chi connectivity index (χ4n) is 2.27. The molecule has 1 heterocycles. The minimum absolute atomic E-state index is 0.213. The summed E-state index contributed by atoms with van der Waals surface area (Å²) in [5.74, 6) is -0.0114. The molecule has 0 fully saturated rings. The molecule has 7 heteroatoms. The second-order valence-electron chi connectivity index (χ2n) is 5.38. The normalized spacial score (nSPS) is 11.6. The average Bonchev–Trinajstić information content (AvgIpc) is 3.13. The number of carboxylic acid groups (broad SMARTS) is 1. The van der Waals surface area contributed by atoms with Crippen molar-refractivity contribution in [2.75, 3.05) is 20.3 Å². The Bertz CT molecular complexity index is 725. The minimum atomic E-state index is -1.09. The van der Waals surface area contributed by atoms with Gasteiger partial charge >= 0.3 is 5.97 Å². The maximum Gasteiger partial charge on any atom is 0.341 e. The molecule has 2 rings (SSSR count). The molecule has 134 valence electrons. The number of benzene rings is 1. The monoisotopic (exact) mass is 347 g/mol. The van der Waals surface area contributed by atoms with E-state index in [-0.39, 0.29) is 17.7 Å². The number of hydrogen-bond acceptors (Lipinski definition) is 5. The average molecular weight is 347 g/mol. The lowest BCUT2D eigenvalue weighted by Gasteiger charge is -2.23. The third kappa shape index (κ3) is 4.53. The molecule has 0 aliphatic carbocycles. The number of nitrogens with zero attached hydrogens (tertiary/aromatic N) is 1. The number of furan rings is 1. The number of carbonyl (C=O) groups is 2. The van der Waals surface area contributed by atoms with Gasteiger partial charge in [0.2, 0.25) is 0 Å². The number of amides is 1. The first-order chi connectivity index (χ1) is 11.9. The first kappa shape index (κ1) is 18.4. The number of carboxylic acids is 1. The molecule has 0 saturated carbocycles. The molecule has 0 radical (unpaired) electrons. The maximum atomic E-state index is 12.7. The number of aliphatic carboxylic acids is 1. The molecule has 1 amide bonds. The zero-order chi connectivity index (χ0) is 18.4. The lowest BCUT2D eigenvalue weighted by Crippen LogP contribution is -2.29. The Labute approximate surface area is 145 Å². The van der Waals surface area contributed by atoms with Crippen LogP contribution >= 0.6 is 0 Å². The van der Waals surface area contributed by atoms with Crippen molar-refractivity contribution in [1.82, 2.24) is 4.90 Å². The molecule has 0 aliphatic rings. The molecule has 7 nitrogen and oxygen atoms in total. The Morgan fingerprint density at radius 2 is 2.00 bits per heavy atom. The third-order valence-electron chi connectivity index (χ3n) is 3.70. The molecular formula is C18H21NO6. The quantitative estimate of drug-likeness (QED) is 0.790. The van der Waals surface area contributed by atoms with Crippen molar-refractivity contribution in [3.05, 3.63) is 47.9 Å². The summed E-state index contributed by atoms with van der Waals surface area (Å²) < 4.78 is 16.0. The first-order valence-electron chi connectivity index (χ1n) is 7.86. The van der Waals surface area contributed by atoms with Gasteiger partial charge in [-0.05, 0) is 44.2 Å². The van der Waals surface area contributed by atoms with Crippen molar-refractivity contribution in [2.45, 2.75) is 19.9 Å². The smallest absolute Gasteiger partial charge is 0.341 e. The summed E-state index contributed by atoms with van der Waals surface area (Å²) in [5, 5.41) is 8.73. The van der Waals surface area contributed by atoms with Crippen LogP contribution in [0.5, 0.6) is 11.5 Å². The Balaban J connectivity index is 2.21. The number of hydrogen-bond donors (Lipinski definition) is 1. The molecule has 2 aromatic rings. The topological polar surface area (TPSA) is 89.2 Å². The van der Waals surface area contributed by atoms with E-state index < -0.39 is 12.6 Å². The fraction of sp³-hybridized carbons (Fsp3) is 0.333. The Morgan fingerprint density at radius 1 is 1.24 bits per heavy atom. The zero-order valence-corrected chi connectivity index (χ0v) is 14.4. The van der Waals surface area contributed by atoms with Crippen molar-refractivity contribution >= 4 is 11.9 Å². The second-order valence-corrected chi connectivity index (χ2v) is 5.38. The first-order valence-corrected chi connectivity index (χ1v) is 7.86. The lowest BCUT2D eigenvalue weighted by atomic mass is 10.1. The van der Waals surface area contributed by atoms with Crippen LogP contribution in [0.4, 0.5) is 0 Å². The van der Waals surface area contributed by atoms with E-state index in [9.17, 15) is 9.59 Å². The van der Waals surface area contributed by atoms with Crippen LogP contribution in [0.1, 0.15) is 36.0 Å². The fourth-order valence-corrected chi connectivity index (χ4v) is 2.27. The number of rotatable bonds is 8. The van der Waals surface area contributed by atoms with Gasteiger partial charge in [0.1, 0.15) is 5.76 Å². The summed E-state index contributed by atoms with van der Waals surface area (Å²) in [5.41, 5.74) is 0.409. The molecule has 25 heavy (non-hydrogen) atoms. The SMILES string of the molecule is CCOc1cc(C(=O)N(C)C(C)c2ccco2)ccc1OCC(=O)O. The van der Waals surface area contributed by atoms with Crippen molar-refractivity contribution in [1.29, 1.82) is 0 Å². The molecular weight excluding hydrogens is 326 g/mol. The molecule has 1 atom stereocenters. The Morgan fingerprint density at radius 3 is 2.60 bits per heavy atom. The van der Waals surface area contributed by atoms with Gasteiger partial charge in [-0.25, -0.2) is 4.79 Å². The van der Waals surface area contributed by atoms with Crippen LogP contribution in [0, 0.1) is 0 Å². The van der Waals surface area contributed by atoms with Crippen LogP contribution in [-0.4, -0.2) is 42.1 Å². The third-order valence-corrected chi connectivity index (χ3v) is 3.70. The summed E-state index contributed by atoms with van der Waals surface area (Å²) in [6.07, 6.45) is 1.56. The highest BCUT2D eigenvalue weighted by Crippen LogP contribution is 2.30. The van der Waals surface area contributed by atoms with Gasteiger partial charge in [0.05, 0.1) is 18.9 Å². The Hall–Kier alpha value is -2.96. The minimum Gasteiger partial charge on any atom is -0.490 e. The van der Waals surface area contributed by atoms with Crippen molar-refractivity contribution < 1.29 is 28.6 Å². The van der Waals surface area contributed by atoms with Crippen molar-refractivity contribution in [2.24, 2.45) is 0 Å². The standard InChI is InChI=1S/C18H21NO6/c1-4-23-16-10-13(7-8-15(16)25-11-17(20)21)18(22)19(3)12(2)14-6-5-9-24-14/h5-10,12H,4,11H2,1-3H3,(H,20,21). The molecule has 0 saturated heterocycles. The molecule has 0 bridgehead atoms. The number of carbonyl (C=O) groups excluding carboxylic acids is 1. The Kier molecular flexibility index (Phi) is 6.05. The highest BCUT2D eigenvalue weighted by atomic mass is 16.5. The summed E-state index contributed by atoms with van der Waals surface area (Å²) in [6, 6.07) is 8.00. The summed E-state index contributed by atoms with van der Waals surface area (Å²) in [7, 11) is 1.69. The molecule has 1 unspecified atom stereocenters. The van der Waals surface area contributed by atoms with Gasteiger partial charge in [-0.2, -0.15) is 0 Å². The van der Waals surface area contributed by atoms with E-state index in [0.717, 1.165) is 0 Å². The van der Waals surface area contributed by atoms with Gasteiger partial charge in [-0.1, -0.05) is 0 Å². The molecule has 0 spiro atoms. The van der Waals surface area contributed by atoms with Crippen molar-refractivity contribution in [3.8, 4) is 11.5 Å². The van der Waals surface area contributed by atoms with Crippen LogP contribution in [0.25, 0.3) is 0 Å². The summed E-state index contributed by atoms with van der Waals surface area (Å²) in [6.45, 7) is 3.54. The highest BCUT2D eigenvalue weighted by Gasteiger charge is 2.22. The van der Waals surface area contributed by atoms with Crippen LogP contribution in [-0.2, 0) is 4.79 Å². The lowest BCUT2D eigenvalue weighted by molar-refractivity contribution is -0.139. The molecule has 0 aliphatic heterocycles. The molecule has 1 aromatic carbocycles. The van der Waals surface area contributed by atoms with E-state index in [2.05, 4.69) is 0 Å². The van der Waals surface area contributed by atoms with E-state index in [4.69, 9.17) is 19.0 Å². The number of ether oxygens (including phenoxy) is 2. The van der Waals surface area contributed by atoms with E-state index in [1.54, 1.807) is 43.3 Å². The van der Waals surface area contributed by atoms with Gasteiger partial charge in [0, 0.05) is 12.6 Å². The predicted octanol–water partition coefficient (Wildman–Crippen LogP) is 2.97. The predicted molar refractivity (Wildman–Crippen MR) is 90.0 cm³/mol. The summed E-state index contributed by atoms with van der Waals surface area (Å²) in [4.78, 5) is 24.9. The van der Waals surface area contributed by atoms with Gasteiger partial charge in [-0.3, -0.25) is 4.79 Å². The van der Waals surface area contributed by atoms with Crippen molar-refractivity contribution in [3.63, 3.8) is 0 Å². The van der Waals surface area contributed by atoms with Crippen LogP contribution < -0.4 is 9.47 Å². The van der Waals surface area contributed by atoms with Crippen LogP contribution in [0.3, 0.4) is 0 Å². The highest BCUT2D eigenvalue weighted by molar-refractivity contribution is 5.95. The molecule has 1 aromatic heterocycles. The zero-order valence-electron chi connectivity index (χ0n) is 14.4. The van der Waals surface area contributed by atoms with E-state index in [1.165, 1.54) is 6.07 Å². The summed E-state index contributed by atoms with van der Waals surface area (Å²) >= 11 is 0. The second kappa shape index (κ2) is 8.23. The largest absolute Gasteiger partial charge is 0.490 e. The van der Waals surface area contributed by atoms with Gasteiger partial charge in [0.15, 0.2) is 18.1 Å². The van der Waals surface area contributed by atoms with Gasteiger partial charge < -0.3 is 23.9 Å². The van der Waals surface area contributed by atoms with Gasteiger partial charge in [-0.15, -0.1) is 0 Å². The van der Waals surface area contributed by atoms with Gasteiger partial charge in [0.25, 0.3) is 5.91 Å². The molecule has 1 N–H and O–H groups in total. The van der Waals surface area contributed by atoms with E-state index in [0.29, 0.717) is 23.7 Å². The van der Waals surface area contributed by atoms with E-state index in [1.807, 2.05) is 13.0 Å². The van der Waals surface area contributed by atoms with Crippen LogP contribution in [0.2, 0.25) is 0 Å². The van der Waals surface area contributed by atoms with Crippen LogP contribution in [0.15, 0.2) is 41.0 Å². The van der Waals surface area contributed by atoms with E-state index >= 15 is 0 Å².